The highest BCUT2D eigenvalue weighted by molar-refractivity contribution is 7.21. The number of hydrogen-bond donors (Lipinski definition) is 0. The number of ether oxygens (including phenoxy) is 3. The number of azo groups is 1. The summed E-state index contributed by atoms with van der Waals surface area (Å²) in [6, 6.07) is 22.6. The van der Waals surface area contributed by atoms with Gasteiger partial charge in [-0.25, -0.2) is 0 Å². The Kier molecular flexibility index (Phi) is 10.6. The maximum atomic E-state index is 6.44. The van der Waals surface area contributed by atoms with Crippen LogP contribution in [0.4, 0.5) is 11.4 Å². The molecule has 0 spiro atoms. The molecular weight excluding hydrogens is 609 g/mol. The summed E-state index contributed by atoms with van der Waals surface area (Å²) >= 11 is 3.53. The van der Waals surface area contributed by atoms with Crippen LogP contribution in [0.5, 0.6) is 17.2 Å². The number of aryl methyl sites for hydroxylation is 2. The van der Waals surface area contributed by atoms with Crippen molar-refractivity contribution in [1.82, 2.24) is 0 Å². The number of allylic oxidation sites excluding steroid dienone is 2. The minimum atomic E-state index is 0.665. The van der Waals surface area contributed by atoms with Gasteiger partial charge in [-0.05, 0) is 140 Å². The number of thiophene rings is 2. The number of benzene rings is 3. The monoisotopic (exact) mass is 648 g/mol. The molecular formula is C39H40N2O3S2. The summed E-state index contributed by atoms with van der Waals surface area (Å²) in [4.78, 5) is 2.46. The van der Waals surface area contributed by atoms with Gasteiger partial charge >= 0.3 is 0 Å². The molecule has 3 aromatic carbocycles. The van der Waals surface area contributed by atoms with Crippen molar-refractivity contribution in [2.24, 2.45) is 10.2 Å². The fraction of sp³-hybridized carbons (Fsp3) is 0.282. The van der Waals surface area contributed by atoms with E-state index < -0.39 is 0 Å². The second kappa shape index (κ2) is 15.4. The Bertz CT molecular complexity index is 1790. The number of hydrogen-bond acceptors (Lipinski definition) is 7. The first-order chi connectivity index (χ1) is 22.6. The van der Waals surface area contributed by atoms with Gasteiger partial charge in [-0.15, -0.1) is 22.7 Å². The molecule has 0 fully saturated rings. The van der Waals surface area contributed by atoms with Crippen molar-refractivity contribution < 1.29 is 14.2 Å². The SMILES string of the molecule is COc1cccc2c1-c1ccsc1-c1sccc1-c1c(C)cc(cc1C)N=Nc1ccc(cc1)OCCCC/C=C\CCCCO2. The Morgan fingerprint density at radius 1 is 0.652 bits per heavy atom. The summed E-state index contributed by atoms with van der Waals surface area (Å²) in [5, 5.41) is 13.5. The van der Waals surface area contributed by atoms with Gasteiger partial charge in [0, 0.05) is 11.1 Å². The molecule has 0 N–H and O–H groups in total. The fourth-order valence-electron chi connectivity index (χ4n) is 5.91. The van der Waals surface area contributed by atoms with Crippen molar-refractivity contribution in [1.29, 1.82) is 0 Å². The molecule has 0 unspecified atom stereocenters. The van der Waals surface area contributed by atoms with Crippen LogP contribution >= 0.6 is 22.7 Å². The van der Waals surface area contributed by atoms with Crippen LogP contribution in [0.1, 0.15) is 49.7 Å². The molecule has 8 rings (SSSR count). The molecule has 0 aliphatic carbocycles. The molecule has 0 amide bonds. The summed E-state index contributed by atoms with van der Waals surface area (Å²) < 4.78 is 18.3. The molecule has 2 aromatic heterocycles. The van der Waals surface area contributed by atoms with E-state index >= 15 is 0 Å². The third kappa shape index (κ3) is 7.43. The first-order valence-electron chi connectivity index (χ1n) is 16.0. The molecule has 7 heteroatoms. The molecule has 0 saturated heterocycles. The maximum absolute atomic E-state index is 6.44. The van der Waals surface area contributed by atoms with Crippen LogP contribution in [0.3, 0.4) is 0 Å². The van der Waals surface area contributed by atoms with Gasteiger partial charge in [-0.3, -0.25) is 0 Å². The Morgan fingerprint density at radius 2 is 1.26 bits per heavy atom. The Morgan fingerprint density at radius 3 is 1.91 bits per heavy atom. The van der Waals surface area contributed by atoms with Gasteiger partial charge in [-0.2, -0.15) is 10.2 Å². The molecule has 0 saturated carbocycles. The van der Waals surface area contributed by atoms with E-state index in [1.807, 2.05) is 36.4 Å². The Labute approximate surface area is 280 Å². The van der Waals surface area contributed by atoms with Crippen LogP contribution in [0.25, 0.3) is 32.0 Å². The summed E-state index contributed by atoms with van der Waals surface area (Å²) in [5.74, 6) is 2.54. The summed E-state index contributed by atoms with van der Waals surface area (Å²) in [7, 11) is 1.73. The van der Waals surface area contributed by atoms with Gasteiger partial charge in [0.15, 0.2) is 0 Å². The first-order valence-corrected chi connectivity index (χ1v) is 17.7. The highest BCUT2D eigenvalue weighted by Gasteiger charge is 2.22. The van der Waals surface area contributed by atoms with Crippen LogP contribution in [0, 0.1) is 13.8 Å². The minimum Gasteiger partial charge on any atom is -0.496 e. The van der Waals surface area contributed by atoms with Gasteiger partial charge in [0.2, 0.25) is 0 Å². The van der Waals surface area contributed by atoms with E-state index in [0.29, 0.717) is 13.2 Å². The molecule has 3 aliphatic rings. The average Bonchev–Trinajstić information content (AvgIpc) is 3.74. The van der Waals surface area contributed by atoms with Crippen LogP contribution in [-0.2, 0) is 0 Å². The zero-order chi connectivity index (χ0) is 31.7. The number of methoxy groups -OCH3 is 1. The van der Waals surface area contributed by atoms with E-state index in [9.17, 15) is 0 Å². The van der Waals surface area contributed by atoms with E-state index in [0.717, 1.165) is 78.3 Å². The second-order valence-electron chi connectivity index (χ2n) is 11.5. The van der Waals surface area contributed by atoms with E-state index in [-0.39, 0.29) is 0 Å². The molecule has 236 valence electrons. The lowest BCUT2D eigenvalue weighted by Crippen LogP contribution is -2.00. The summed E-state index contributed by atoms with van der Waals surface area (Å²) in [6.45, 7) is 5.69. The van der Waals surface area contributed by atoms with Crippen molar-refractivity contribution in [2.45, 2.75) is 52.4 Å². The largest absolute Gasteiger partial charge is 0.496 e. The third-order valence-corrected chi connectivity index (χ3v) is 10.1. The van der Waals surface area contributed by atoms with Crippen molar-refractivity contribution in [3.8, 4) is 49.3 Å². The van der Waals surface area contributed by atoms with Crippen LogP contribution in [0.15, 0.2) is 99.9 Å². The fourth-order valence-corrected chi connectivity index (χ4v) is 7.91. The highest BCUT2D eigenvalue weighted by atomic mass is 32.1. The lowest BCUT2D eigenvalue weighted by atomic mass is 9.94. The quantitative estimate of drug-likeness (QED) is 0.170. The van der Waals surface area contributed by atoms with E-state index in [2.05, 4.69) is 77.3 Å². The normalized spacial score (nSPS) is 15.0. The molecule has 5 aromatic rings. The summed E-state index contributed by atoms with van der Waals surface area (Å²) in [6.07, 6.45) is 10.9. The zero-order valence-electron chi connectivity index (χ0n) is 26.8. The Hall–Kier alpha value is -4.20. The molecule has 4 bridgehead atoms. The molecule has 46 heavy (non-hydrogen) atoms. The average molecular weight is 649 g/mol. The summed E-state index contributed by atoms with van der Waals surface area (Å²) in [5.41, 5.74) is 8.57. The maximum Gasteiger partial charge on any atom is 0.130 e. The van der Waals surface area contributed by atoms with Crippen LogP contribution in [-0.4, -0.2) is 20.3 Å². The van der Waals surface area contributed by atoms with E-state index in [4.69, 9.17) is 14.2 Å². The van der Waals surface area contributed by atoms with Crippen molar-refractivity contribution in [2.75, 3.05) is 20.3 Å². The minimum absolute atomic E-state index is 0.665. The lowest BCUT2D eigenvalue weighted by molar-refractivity contribution is 0.306. The van der Waals surface area contributed by atoms with Crippen molar-refractivity contribution >= 4 is 34.0 Å². The van der Waals surface area contributed by atoms with Crippen LogP contribution in [0.2, 0.25) is 0 Å². The molecule has 0 radical (unpaired) electrons. The lowest BCUT2D eigenvalue weighted by Gasteiger charge is -2.16. The number of fused-ring (bicyclic) bond motifs is 2. The third-order valence-electron chi connectivity index (χ3n) is 8.14. The predicted molar refractivity (Wildman–Crippen MR) is 193 cm³/mol. The first kappa shape index (κ1) is 31.8. The molecule has 3 aliphatic heterocycles. The molecule has 0 atom stereocenters. The Balaban J connectivity index is 1.36. The van der Waals surface area contributed by atoms with E-state index in [1.54, 1.807) is 29.8 Å². The molecule has 5 nitrogen and oxygen atoms in total. The zero-order valence-corrected chi connectivity index (χ0v) is 28.4. The van der Waals surface area contributed by atoms with Gasteiger partial charge in [0.1, 0.15) is 17.2 Å². The topological polar surface area (TPSA) is 52.4 Å². The van der Waals surface area contributed by atoms with Gasteiger partial charge < -0.3 is 14.2 Å². The van der Waals surface area contributed by atoms with Gasteiger partial charge in [0.25, 0.3) is 0 Å². The van der Waals surface area contributed by atoms with Gasteiger partial charge in [-0.1, -0.05) is 18.2 Å². The molecule has 5 heterocycles. The van der Waals surface area contributed by atoms with E-state index in [1.165, 1.54) is 32.0 Å². The predicted octanol–water partition coefficient (Wildman–Crippen LogP) is 12.5. The van der Waals surface area contributed by atoms with Crippen molar-refractivity contribution in [3.05, 3.63) is 101 Å². The number of nitrogens with zero attached hydrogens (tertiary/aromatic N) is 2. The smallest absolute Gasteiger partial charge is 0.130 e. The standard InChI is InChI=1S/C39H40N2O3S2/c1-27-25-30-26-28(2)36(27)32-19-23-45-38(32)39-33(20-24-46-39)37-34(42-3)13-12-14-35(37)44-22-11-9-7-5-4-6-8-10-21-43-31-17-15-29(16-18-31)40-41-30/h4-5,12-20,23-26H,6-11,21-22H2,1-3H3/b5-4-,41-40?. The highest BCUT2D eigenvalue weighted by Crippen LogP contribution is 2.50. The van der Waals surface area contributed by atoms with Crippen molar-refractivity contribution in [3.63, 3.8) is 0 Å². The van der Waals surface area contributed by atoms with Gasteiger partial charge in [0.05, 0.1) is 47.0 Å². The van der Waals surface area contributed by atoms with Crippen LogP contribution < -0.4 is 14.2 Å². The second-order valence-corrected chi connectivity index (χ2v) is 13.3. The number of rotatable bonds is 1.